The van der Waals surface area contributed by atoms with E-state index in [2.05, 4.69) is 42.3 Å². The molecule has 1 aliphatic rings. The van der Waals surface area contributed by atoms with Crippen molar-refractivity contribution < 1.29 is 9.21 Å². The van der Waals surface area contributed by atoms with Crippen LogP contribution >= 0.6 is 0 Å². The van der Waals surface area contributed by atoms with Gasteiger partial charge in [-0.05, 0) is 48.8 Å². The van der Waals surface area contributed by atoms with Crippen LogP contribution in [0.5, 0.6) is 0 Å². The maximum absolute atomic E-state index is 13.2. The third kappa shape index (κ3) is 3.03. The predicted octanol–water partition coefficient (Wildman–Crippen LogP) is 3.77. The topological polar surface area (TPSA) is 77.1 Å². The summed E-state index contributed by atoms with van der Waals surface area (Å²) in [5.41, 5.74) is 3.95. The second-order valence-electron chi connectivity index (χ2n) is 7.91. The van der Waals surface area contributed by atoms with Crippen LogP contribution in [0.2, 0.25) is 0 Å². The van der Waals surface area contributed by atoms with Crippen molar-refractivity contribution in [1.29, 1.82) is 0 Å². The fraction of sp³-hybridized carbons (Fsp3) is 0.409. The Morgan fingerprint density at radius 3 is 2.89 bits per heavy atom. The molecule has 2 aromatic heterocycles. The van der Waals surface area contributed by atoms with Gasteiger partial charge in [0, 0.05) is 7.05 Å². The Kier molecular flexibility index (Phi) is 4.57. The van der Waals surface area contributed by atoms with E-state index in [9.17, 15) is 9.59 Å². The highest BCUT2D eigenvalue weighted by molar-refractivity contribution is 6.06. The molecule has 0 saturated carbocycles. The van der Waals surface area contributed by atoms with Gasteiger partial charge in [-0.15, -0.1) is 0 Å². The second kappa shape index (κ2) is 6.93. The van der Waals surface area contributed by atoms with E-state index in [0.29, 0.717) is 11.7 Å². The zero-order valence-electron chi connectivity index (χ0n) is 16.7. The van der Waals surface area contributed by atoms with Crippen molar-refractivity contribution in [2.75, 3.05) is 0 Å². The number of carbonyl (C=O) groups excluding carboxylic acids is 1. The van der Waals surface area contributed by atoms with Crippen LogP contribution in [0, 0.1) is 6.92 Å². The molecular formula is C22H25N3O3. The van der Waals surface area contributed by atoms with Crippen LogP contribution in [-0.2, 0) is 13.5 Å². The number of nitrogens with one attached hydrogen (secondary N) is 1. The minimum atomic E-state index is -0.283. The minimum Gasteiger partial charge on any atom is -0.442 e. The molecule has 0 bridgehead atoms. The highest BCUT2D eigenvalue weighted by Gasteiger charge is 2.27. The van der Waals surface area contributed by atoms with E-state index in [0.717, 1.165) is 19.3 Å². The quantitative estimate of drug-likeness (QED) is 0.752. The number of benzene rings is 1. The zero-order chi connectivity index (χ0) is 20.0. The zero-order valence-corrected chi connectivity index (χ0v) is 16.7. The summed E-state index contributed by atoms with van der Waals surface area (Å²) >= 11 is 0. The first-order valence-electron chi connectivity index (χ1n) is 9.75. The molecule has 4 rings (SSSR count). The average molecular weight is 379 g/mol. The van der Waals surface area contributed by atoms with E-state index < -0.39 is 0 Å². The first-order valence-corrected chi connectivity index (χ1v) is 9.75. The van der Waals surface area contributed by atoms with Gasteiger partial charge in [0.05, 0.1) is 11.6 Å². The molecule has 0 saturated heterocycles. The Morgan fingerprint density at radius 1 is 1.36 bits per heavy atom. The molecule has 6 nitrogen and oxygen atoms in total. The molecule has 1 atom stereocenters. The van der Waals surface area contributed by atoms with E-state index in [4.69, 9.17) is 4.42 Å². The van der Waals surface area contributed by atoms with Crippen molar-refractivity contribution in [3.8, 4) is 0 Å². The van der Waals surface area contributed by atoms with Crippen LogP contribution in [0.1, 0.15) is 71.5 Å². The number of aromatic nitrogens is 2. The summed E-state index contributed by atoms with van der Waals surface area (Å²) in [6.07, 6.45) is 4.33. The summed E-state index contributed by atoms with van der Waals surface area (Å²) in [4.78, 5) is 29.8. The lowest BCUT2D eigenvalue weighted by atomic mass is 9.85. The summed E-state index contributed by atoms with van der Waals surface area (Å²) in [7, 11) is 1.61. The molecule has 28 heavy (non-hydrogen) atoms. The van der Waals surface area contributed by atoms with Gasteiger partial charge in [-0.2, -0.15) is 0 Å². The number of hydrogen-bond acceptors (Lipinski definition) is 4. The number of fused-ring (bicyclic) bond motifs is 2. The summed E-state index contributed by atoms with van der Waals surface area (Å²) in [6.45, 7) is 6.03. The summed E-state index contributed by atoms with van der Waals surface area (Å²) in [5.74, 6) is 0.558. The van der Waals surface area contributed by atoms with Crippen LogP contribution < -0.4 is 10.9 Å². The molecule has 0 radical (unpaired) electrons. The number of hydrogen-bond donors (Lipinski definition) is 1. The molecule has 0 aliphatic heterocycles. The molecule has 2 heterocycles. The fourth-order valence-electron chi connectivity index (χ4n) is 4.02. The number of nitrogens with zero attached hydrogens (tertiary/aromatic N) is 2. The normalized spacial score (nSPS) is 16.4. The molecule has 1 aliphatic carbocycles. The summed E-state index contributed by atoms with van der Waals surface area (Å²) in [6, 6.07) is 6.50. The molecule has 0 unspecified atom stereocenters. The Balaban J connectivity index is 1.72. The van der Waals surface area contributed by atoms with Crippen molar-refractivity contribution in [1.82, 2.24) is 14.9 Å². The first-order chi connectivity index (χ1) is 13.4. The van der Waals surface area contributed by atoms with Gasteiger partial charge in [0.25, 0.3) is 11.5 Å². The molecule has 1 N–H and O–H groups in total. The minimum absolute atomic E-state index is 0.0696. The molecule has 6 heteroatoms. The lowest BCUT2D eigenvalue weighted by Crippen LogP contribution is -2.32. The fourth-order valence-corrected chi connectivity index (χ4v) is 4.02. The van der Waals surface area contributed by atoms with Crippen LogP contribution in [0.4, 0.5) is 0 Å². The van der Waals surface area contributed by atoms with Gasteiger partial charge in [0.15, 0.2) is 0 Å². The molecule has 0 spiro atoms. The van der Waals surface area contributed by atoms with Crippen molar-refractivity contribution in [2.24, 2.45) is 7.05 Å². The van der Waals surface area contributed by atoms with E-state index in [1.54, 1.807) is 14.0 Å². The van der Waals surface area contributed by atoms with Gasteiger partial charge in [-0.1, -0.05) is 32.0 Å². The molecule has 1 amide bonds. The second-order valence-corrected chi connectivity index (χ2v) is 7.91. The number of amides is 1. The number of furan rings is 1. The lowest BCUT2D eigenvalue weighted by Gasteiger charge is -2.27. The van der Waals surface area contributed by atoms with Gasteiger partial charge < -0.3 is 14.3 Å². The van der Waals surface area contributed by atoms with Gasteiger partial charge >= 0.3 is 0 Å². The average Bonchev–Trinajstić information content (AvgIpc) is 3.01. The maximum atomic E-state index is 13.2. The molecule has 146 valence electrons. The van der Waals surface area contributed by atoms with Crippen LogP contribution in [0.3, 0.4) is 0 Å². The number of rotatable bonds is 3. The largest absolute Gasteiger partial charge is 0.442 e. The first kappa shape index (κ1) is 18.5. The third-order valence-corrected chi connectivity index (χ3v) is 5.63. The van der Waals surface area contributed by atoms with E-state index in [1.807, 2.05) is 0 Å². The van der Waals surface area contributed by atoms with Crippen LogP contribution in [-0.4, -0.2) is 15.5 Å². The summed E-state index contributed by atoms with van der Waals surface area (Å²) < 4.78 is 6.94. The highest BCUT2D eigenvalue weighted by atomic mass is 16.3. The van der Waals surface area contributed by atoms with Crippen LogP contribution in [0.25, 0.3) is 11.1 Å². The monoisotopic (exact) mass is 379 g/mol. The molecule has 3 aromatic rings. The third-order valence-electron chi connectivity index (χ3n) is 5.63. The van der Waals surface area contributed by atoms with Crippen molar-refractivity contribution in [2.45, 2.75) is 52.0 Å². The van der Waals surface area contributed by atoms with E-state index in [-0.39, 0.29) is 34.2 Å². The Morgan fingerprint density at radius 2 is 2.14 bits per heavy atom. The summed E-state index contributed by atoms with van der Waals surface area (Å²) in [5, 5.41) is 3.39. The van der Waals surface area contributed by atoms with Gasteiger partial charge in [-0.25, -0.2) is 4.98 Å². The number of carbonyl (C=O) groups is 1. The van der Waals surface area contributed by atoms with Gasteiger partial charge in [0.1, 0.15) is 17.5 Å². The lowest BCUT2D eigenvalue weighted by molar-refractivity contribution is 0.0932. The van der Waals surface area contributed by atoms with Crippen molar-refractivity contribution in [3.63, 3.8) is 0 Å². The molecule has 0 fully saturated rings. The van der Waals surface area contributed by atoms with Gasteiger partial charge in [0.2, 0.25) is 5.71 Å². The predicted molar refractivity (Wildman–Crippen MR) is 108 cm³/mol. The molecule has 1 aromatic carbocycles. The standard InChI is InChI=1S/C22H25N3O3/c1-12(2)15-9-8-14-6-5-7-17(16(14)10-15)24-20(26)18-13(3)28-21-19(18)22(27)25(4)11-23-21/h8-12,17H,5-7H2,1-4H3,(H,24,26)/t17-/m1/s1. The van der Waals surface area contributed by atoms with Crippen LogP contribution in [0.15, 0.2) is 33.7 Å². The highest BCUT2D eigenvalue weighted by Crippen LogP contribution is 2.33. The molecular weight excluding hydrogens is 354 g/mol. The van der Waals surface area contributed by atoms with Gasteiger partial charge in [-0.3, -0.25) is 9.59 Å². The maximum Gasteiger partial charge on any atom is 0.265 e. The van der Waals surface area contributed by atoms with Crippen molar-refractivity contribution in [3.05, 3.63) is 62.9 Å². The van der Waals surface area contributed by atoms with Crippen molar-refractivity contribution >= 4 is 17.0 Å². The Labute approximate surface area is 163 Å². The van der Waals surface area contributed by atoms with E-state index in [1.165, 1.54) is 27.6 Å². The number of aryl methyl sites for hydroxylation is 3. The van der Waals surface area contributed by atoms with E-state index >= 15 is 0 Å². The Bertz CT molecular complexity index is 1120. The Hall–Kier alpha value is -2.89. The SMILES string of the molecule is Cc1oc2ncn(C)c(=O)c2c1C(=O)N[C@@H]1CCCc2ccc(C(C)C)cc21. The smallest absolute Gasteiger partial charge is 0.265 e.